The monoisotopic (exact) mass is 702 g/mol. The van der Waals surface area contributed by atoms with E-state index >= 15 is 0 Å². The Morgan fingerprint density at radius 2 is 1.28 bits per heavy atom. The Balaban J connectivity index is 1.41. The van der Waals surface area contributed by atoms with Gasteiger partial charge in [-0.2, -0.15) is 5.10 Å². The molecule has 1 saturated carbocycles. The molecule has 9 heteroatoms. The maximum atomic E-state index is 14.0. The van der Waals surface area contributed by atoms with Crippen LogP contribution in [0.4, 0.5) is 10.6 Å². The van der Waals surface area contributed by atoms with Crippen LogP contribution in [0.2, 0.25) is 10.0 Å². The number of nitrogens with zero attached hydrogens (tertiary/aromatic N) is 2. The van der Waals surface area contributed by atoms with Gasteiger partial charge in [0.2, 0.25) is 5.91 Å². The molecule has 1 aromatic heterocycles. The first-order chi connectivity index (χ1) is 24.4. The van der Waals surface area contributed by atoms with Crippen molar-refractivity contribution >= 4 is 51.9 Å². The summed E-state index contributed by atoms with van der Waals surface area (Å²) in [6.07, 6.45) is 1.84. The summed E-state index contributed by atoms with van der Waals surface area (Å²) in [5.74, 6) is 0.324. The molecule has 0 atom stereocenters. The van der Waals surface area contributed by atoms with Crippen LogP contribution in [0.25, 0.3) is 22.0 Å². The van der Waals surface area contributed by atoms with Gasteiger partial charge in [0.05, 0.1) is 5.52 Å². The Morgan fingerprint density at radius 3 is 1.80 bits per heavy atom. The van der Waals surface area contributed by atoms with E-state index in [1.807, 2.05) is 95.7 Å². The summed E-state index contributed by atoms with van der Waals surface area (Å²) in [6, 6.07) is 42.3. The van der Waals surface area contributed by atoms with Gasteiger partial charge in [-0.3, -0.25) is 4.79 Å². The average molecular weight is 704 g/mol. The van der Waals surface area contributed by atoms with Crippen LogP contribution in [0.1, 0.15) is 42.4 Å². The molecule has 50 heavy (non-hydrogen) atoms. The van der Waals surface area contributed by atoms with Crippen molar-refractivity contribution < 1.29 is 14.7 Å². The molecular weight excluding hydrogens is 667 g/mol. The molecule has 0 saturated heterocycles. The molecule has 5 aromatic carbocycles. The summed E-state index contributed by atoms with van der Waals surface area (Å²) in [5.41, 5.74) is 4.43. The summed E-state index contributed by atoms with van der Waals surface area (Å²) in [7, 11) is 0. The fourth-order valence-electron chi connectivity index (χ4n) is 7.38. The van der Waals surface area contributed by atoms with E-state index in [4.69, 9.17) is 33.4 Å². The molecule has 3 N–H and O–H groups in total. The lowest BCUT2D eigenvalue weighted by molar-refractivity contribution is -0.121. The van der Waals surface area contributed by atoms with Crippen LogP contribution >= 0.6 is 23.2 Å². The minimum absolute atomic E-state index is 0.105. The molecule has 7 rings (SSSR count). The fraction of sp³-hybridized carbons (Fsp3) is 0.195. The van der Waals surface area contributed by atoms with Crippen molar-refractivity contribution in [2.45, 2.75) is 31.2 Å². The first kappa shape index (κ1) is 33.4. The van der Waals surface area contributed by atoms with Crippen LogP contribution in [0.3, 0.4) is 0 Å². The second kappa shape index (κ2) is 14.4. The molecule has 6 aromatic rings. The van der Waals surface area contributed by atoms with E-state index in [2.05, 4.69) is 47.0 Å². The molecule has 0 radical (unpaired) electrons. The van der Waals surface area contributed by atoms with Gasteiger partial charge in [0.25, 0.3) is 0 Å². The quantitative estimate of drug-likeness (QED) is 0.131. The molecule has 1 heterocycles. The number of nitrogens with one attached hydrogen (secondary N) is 2. The third kappa shape index (κ3) is 6.35. The smallest absolute Gasteiger partial charge is 0.404 e. The van der Waals surface area contributed by atoms with Crippen LogP contribution < -0.4 is 10.6 Å². The number of rotatable bonds is 9. The highest BCUT2D eigenvalue weighted by Gasteiger charge is 2.41. The molecule has 2 amide bonds. The van der Waals surface area contributed by atoms with E-state index < -0.39 is 11.6 Å². The zero-order valence-corrected chi connectivity index (χ0v) is 28.7. The Labute approximate surface area is 300 Å². The average Bonchev–Trinajstić information content (AvgIpc) is 3.50. The molecule has 0 unspecified atom stereocenters. The zero-order chi connectivity index (χ0) is 34.7. The maximum Gasteiger partial charge on any atom is 0.404 e. The summed E-state index contributed by atoms with van der Waals surface area (Å²) < 4.78 is 2.03. The van der Waals surface area contributed by atoms with Crippen LogP contribution in [0.5, 0.6) is 0 Å². The predicted molar refractivity (Wildman–Crippen MR) is 200 cm³/mol. The Morgan fingerprint density at radius 1 is 0.740 bits per heavy atom. The van der Waals surface area contributed by atoms with E-state index in [-0.39, 0.29) is 17.7 Å². The van der Waals surface area contributed by atoms with Crippen LogP contribution in [0, 0.1) is 11.8 Å². The summed E-state index contributed by atoms with van der Waals surface area (Å²) in [6.45, 7) is 0.395. The number of fused-ring (bicyclic) bond motifs is 1. The SMILES string of the molecule is O=C(O)NC[C@H]1CC[C@H](C(=O)Nc2nn(C(c3ccccc3)(c3ccccc3)c3ccccc3)c3ccc(-c4c(Cl)cccc4Cl)cc23)CC1. The maximum absolute atomic E-state index is 14.0. The van der Waals surface area contributed by atoms with Crippen LogP contribution in [-0.4, -0.2) is 33.4 Å². The lowest BCUT2D eigenvalue weighted by Crippen LogP contribution is -2.38. The highest BCUT2D eigenvalue weighted by molar-refractivity contribution is 6.39. The first-order valence-corrected chi connectivity index (χ1v) is 17.5. The molecule has 1 fully saturated rings. The van der Waals surface area contributed by atoms with Crippen molar-refractivity contribution in [3.63, 3.8) is 0 Å². The number of anilines is 1. The van der Waals surface area contributed by atoms with Gasteiger partial charge in [-0.05, 0) is 78.1 Å². The van der Waals surface area contributed by atoms with Crippen molar-refractivity contribution in [1.29, 1.82) is 0 Å². The van der Waals surface area contributed by atoms with E-state index in [1.165, 1.54) is 0 Å². The molecule has 7 nitrogen and oxygen atoms in total. The van der Waals surface area contributed by atoms with Crippen LogP contribution in [0.15, 0.2) is 127 Å². The first-order valence-electron chi connectivity index (χ1n) is 16.8. The Bertz CT molecular complexity index is 2010. The number of aromatic nitrogens is 2. The Hall–Kier alpha value is -5.11. The zero-order valence-electron chi connectivity index (χ0n) is 27.2. The van der Waals surface area contributed by atoms with Crippen molar-refractivity contribution in [3.8, 4) is 11.1 Å². The van der Waals surface area contributed by atoms with Gasteiger partial charge in [-0.15, -0.1) is 0 Å². The van der Waals surface area contributed by atoms with Gasteiger partial charge in [-0.1, -0.05) is 126 Å². The van der Waals surface area contributed by atoms with Crippen LogP contribution in [-0.2, 0) is 10.3 Å². The third-order valence-corrected chi connectivity index (χ3v) is 10.5. The number of hydrogen-bond donors (Lipinski definition) is 3. The molecule has 1 aliphatic rings. The number of hydrogen-bond acceptors (Lipinski definition) is 3. The second-order valence-corrected chi connectivity index (χ2v) is 13.6. The van der Waals surface area contributed by atoms with E-state index in [0.717, 1.165) is 46.0 Å². The highest BCUT2D eigenvalue weighted by atomic mass is 35.5. The summed E-state index contributed by atoms with van der Waals surface area (Å²) >= 11 is 13.4. The molecule has 1 aliphatic carbocycles. The standard InChI is InChI=1S/C41H36Cl2N4O3/c42-34-17-10-18-35(43)37(34)29-23-24-36-33(25-29)38(45-39(48)28-21-19-27(20-22-28)26-44-40(49)50)46-47(36)41(30-11-4-1-5-12-30,31-13-6-2-7-14-31)32-15-8-3-9-16-32/h1-18,23-25,27-28,44H,19-22,26H2,(H,49,50)(H,45,46,48)/t27-,28-. The van der Waals surface area contributed by atoms with E-state index in [9.17, 15) is 9.59 Å². The highest BCUT2D eigenvalue weighted by Crippen LogP contribution is 2.45. The van der Waals surface area contributed by atoms with E-state index in [1.54, 1.807) is 0 Å². The van der Waals surface area contributed by atoms with Gasteiger partial charge < -0.3 is 15.7 Å². The Kier molecular flexibility index (Phi) is 9.61. The van der Waals surface area contributed by atoms with Crippen molar-refractivity contribution in [3.05, 3.63) is 154 Å². The van der Waals surface area contributed by atoms with Gasteiger partial charge in [0, 0.05) is 33.5 Å². The number of carbonyl (C=O) groups is 2. The summed E-state index contributed by atoms with van der Waals surface area (Å²) in [4.78, 5) is 25.0. The second-order valence-electron chi connectivity index (χ2n) is 12.8. The topological polar surface area (TPSA) is 96.2 Å². The normalized spacial score (nSPS) is 16.2. The van der Waals surface area contributed by atoms with Gasteiger partial charge in [0.1, 0.15) is 5.54 Å². The molecule has 0 aliphatic heterocycles. The third-order valence-electron chi connectivity index (χ3n) is 9.82. The minimum atomic E-state index is -1.03. The number of carbonyl (C=O) groups excluding carboxylic acids is 1. The van der Waals surface area contributed by atoms with Crippen molar-refractivity contribution in [1.82, 2.24) is 15.1 Å². The lowest BCUT2D eigenvalue weighted by Gasteiger charge is -2.37. The molecule has 0 spiro atoms. The fourth-order valence-corrected chi connectivity index (χ4v) is 8.00. The molecule has 252 valence electrons. The minimum Gasteiger partial charge on any atom is -0.465 e. The number of amides is 2. The largest absolute Gasteiger partial charge is 0.465 e. The van der Waals surface area contributed by atoms with Gasteiger partial charge in [0.15, 0.2) is 5.82 Å². The number of carboxylic acid groups (broad SMARTS) is 1. The van der Waals surface area contributed by atoms with Crippen molar-refractivity contribution in [2.75, 3.05) is 11.9 Å². The number of halogens is 2. The molecule has 0 bridgehead atoms. The predicted octanol–water partition coefficient (Wildman–Crippen LogP) is 9.86. The van der Waals surface area contributed by atoms with Gasteiger partial charge >= 0.3 is 6.09 Å². The lowest BCUT2D eigenvalue weighted by atomic mass is 9.77. The van der Waals surface area contributed by atoms with Crippen molar-refractivity contribution in [2.24, 2.45) is 11.8 Å². The van der Waals surface area contributed by atoms with E-state index in [0.29, 0.717) is 40.8 Å². The summed E-state index contributed by atoms with van der Waals surface area (Å²) in [5, 5.41) is 21.9. The van der Waals surface area contributed by atoms with Gasteiger partial charge in [-0.25, -0.2) is 9.48 Å². The molecular formula is C41H36Cl2N4O3. The number of benzene rings is 5.